The van der Waals surface area contributed by atoms with Crippen LogP contribution in [0.25, 0.3) is 22.3 Å². The third-order valence-corrected chi connectivity index (χ3v) is 7.33. The third kappa shape index (κ3) is 5.63. The summed E-state index contributed by atoms with van der Waals surface area (Å²) < 4.78 is 81.4. The van der Waals surface area contributed by atoms with Gasteiger partial charge in [-0.1, -0.05) is 86.5 Å². The van der Waals surface area contributed by atoms with Crippen LogP contribution in [0.4, 0.5) is 26.3 Å². The van der Waals surface area contributed by atoms with Gasteiger partial charge in [0.25, 0.3) is 6.17 Å². The standard InChI is InChI=1S/C30H30F6/c1-2-6-20-9-11-21(12-10-20)22-13-15-24(16-14-22)27-19-25(29(32,33)28(31)30(34,35)36)17-18-26(27)23-7-4-3-5-8-23/h3-5,7-8,13-21,28H,2,6,9-12H2,1H3. The molecule has 3 aromatic rings. The summed E-state index contributed by atoms with van der Waals surface area (Å²) in [7, 11) is 0. The van der Waals surface area contributed by atoms with E-state index in [0.717, 1.165) is 36.5 Å². The van der Waals surface area contributed by atoms with Crippen molar-refractivity contribution in [2.45, 2.75) is 69.6 Å². The number of halogens is 6. The van der Waals surface area contributed by atoms with Gasteiger partial charge in [-0.25, -0.2) is 4.39 Å². The maximum absolute atomic E-state index is 14.6. The van der Waals surface area contributed by atoms with Crippen molar-refractivity contribution in [1.82, 2.24) is 0 Å². The summed E-state index contributed by atoms with van der Waals surface area (Å²) in [5, 5.41) is 0. The molecule has 192 valence electrons. The molecule has 0 bridgehead atoms. The highest BCUT2D eigenvalue weighted by Crippen LogP contribution is 2.45. The Balaban J connectivity index is 1.69. The highest BCUT2D eigenvalue weighted by molar-refractivity contribution is 5.84. The number of rotatable bonds is 7. The molecular formula is C30H30F6. The highest BCUT2D eigenvalue weighted by atomic mass is 19.4. The van der Waals surface area contributed by atoms with Crippen LogP contribution in [-0.2, 0) is 5.92 Å². The van der Waals surface area contributed by atoms with E-state index >= 15 is 0 Å². The number of hydrogen-bond acceptors (Lipinski definition) is 0. The Hall–Kier alpha value is -2.76. The lowest BCUT2D eigenvalue weighted by molar-refractivity contribution is -0.248. The quantitative estimate of drug-likeness (QED) is 0.281. The number of benzene rings is 3. The van der Waals surface area contributed by atoms with Crippen molar-refractivity contribution in [1.29, 1.82) is 0 Å². The minimum atomic E-state index is -5.67. The fraction of sp³-hybridized carbons (Fsp3) is 0.400. The fourth-order valence-corrected chi connectivity index (χ4v) is 5.34. The molecule has 3 aromatic carbocycles. The van der Waals surface area contributed by atoms with Crippen molar-refractivity contribution in [3.8, 4) is 22.3 Å². The molecule has 0 N–H and O–H groups in total. The molecule has 0 heterocycles. The molecule has 36 heavy (non-hydrogen) atoms. The molecule has 0 aliphatic heterocycles. The summed E-state index contributed by atoms with van der Waals surface area (Å²) >= 11 is 0. The van der Waals surface area contributed by atoms with Crippen molar-refractivity contribution in [2.75, 3.05) is 0 Å². The zero-order chi connectivity index (χ0) is 25.9. The molecular weight excluding hydrogens is 474 g/mol. The Morgan fingerprint density at radius 2 is 1.36 bits per heavy atom. The molecule has 0 aromatic heterocycles. The molecule has 0 radical (unpaired) electrons. The maximum Gasteiger partial charge on any atom is 0.426 e. The average Bonchev–Trinajstić information content (AvgIpc) is 2.88. The largest absolute Gasteiger partial charge is 0.426 e. The molecule has 0 spiro atoms. The van der Waals surface area contributed by atoms with Crippen molar-refractivity contribution in [2.24, 2.45) is 5.92 Å². The molecule has 1 unspecified atom stereocenters. The molecule has 1 aliphatic rings. The van der Waals surface area contributed by atoms with Crippen LogP contribution in [0.3, 0.4) is 0 Å². The van der Waals surface area contributed by atoms with Gasteiger partial charge in [-0.05, 0) is 71.4 Å². The van der Waals surface area contributed by atoms with Gasteiger partial charge in [0.2, 0.25) is 0 Å². The Morgan fingerprint density at radius 3 is 1.94 bits per heavy atom. The van der Waals surface area contributed by atoms with E-state index in [0.29, 0.717) is 22.6 Å². The second-order valence-corrected chi connectivity index (χ2v) is 9.78. The maximum atomic E-state index is 14.6. The van der Waals surface area contributed by atoms with Crippen molar-refractivity contribution in [3.05, 3.63) is 83.9 Å². The van der Waals surface area contributed by atoms with Crippen LogP contribution in [-0.4, -0.2) is 12.3 Å². The Kier molecular flexibility index (Phi) is 7.82. The van der Waals surface area contributed by atoms with Gasteiger partial charge in [0.15, 0.2) is 0 Å². The van der Waals surface area contributed by atoms with Crippen LogP contribution in [0.5, 0.6) is 0 Å². The Labute approximate surface area is 208 Å². The molecule has 1 saturated carbocycles. The minimum absolute atomic E-state index is 0.339. The molecule has 0 saturated heterocycles. The summed E-state index contributed by atoms with van der Waals surface area (Å²) in [6.07, 6.45) is -2.91. The Morgan fingerprint density at radius 1 is 0.750 bits per heavy atom. The normalized spacial score (nSPS) is 19.8. The predicted octanol–water partition coefficient (Wildman–Crippen LogP) is 10.1. The fourth-order valence-electron chi connectivity index (χ4n) is 5.34. The molecule has 6 heteroatoms. The second-order valence-electron chi connectivity index (χ2n) is 9.78. The SMILES string of the molecule is CCCC1CCC(c2ccc(-c3cc(C(F)(F)C(F)C(F)(F)F)ccc3-c3ccccc3)cc2)CC1. The van der Waals surface area contributed by atoms with Crippen LogP contribution < -0.4 is 0 Å². The Bertz CT molecular complexity index is 1130. The zero-order valence-corrected chi connectivity index (χ0v) is 20.2. The van der Waals surface area contributed by atoms with E-state index in [2.05, 4.69) is 6.92 Å². The van der Waals surface area contributed by atoms with E-state index in [1.165, 1.54) is 37.3 Å². The van der Waals surface area contributed by atoms with E-state index in [1.54, 1.807) is 24.3 Å². The van der Waals surface area contributed by atoms with Crippen molar-refractivity contribution in [3.63, 3.8) is 0 Å². The lowest BCUT2D eigenvalue weighted by Crippen LogP contribution is -2.39. The molecule has 0 nitrogen and oxygen atoms in total. The van der Waals surface area contributed by atoms with Crippen molar-refractivity contribution < 1.29 is 26.3 Å². The summed E-state index contributed by atoms with van der Waals surface area (Å²) in [5.41, 5.74) is 2.43. The van der Waals surface area contributed by atoms with Gasteiger partial charge < -0.3 is 0 Å². The number of alkyl halides is 6. The van der Waals surface area contributed by atoms with Gasteiger partial charge in [0.1, 0.15) is 0 Å². The van der Waals surface area contributed by atoms with Gasteiger partial charge in [-0.15, -0.1) is 0 Å². The van der Waals surface area contributed by atoms with Crippen LogP contribution in [0.1, 0.15) is 62.5 Å². The second kappa shape index (κ2) is 10.7. The average molecular weight is 505 g/mol. The predicted molar refractivity (Wildman–Crippen MR) is 132 cm³/mol. The van der Waals surface area contributed by atoms with Crippen LogP contribution in [0, 0.1) is 5.92 Å². The first-order valence-corrected chi connectivity index (χ1v) is 12.5. The van der Waals surface area contributed by atoms with Crippen molar-refractivity contribution >= 4 is 0 Å². The van der Waals surface area contributed by atoms with E-state index in [-0.39, 0.29) is 0 Å². The minimum Gasteiger partial charge on any atom is -0.230 e. The first-order valence-electron chi connectivity index (χ1n) is 12.5. The van der Waals surface area contributed by atoms with Gasteiger partial charge in [0, 0.05) is 5.56 Å². The van der Waals surface area contributed by atoms with Gasteiger partial charge >= 0.3 is 12.1 Å². The van der Waals surface area contributed by atoms with Gasteiger partial charge in [0.05, 0.1) is 0 Å². The molecule has 1 atom stereocenters. The van der Waals surface area contributed by atoms with Gasteiger partial charge in [-0.3, -0.25) is 0 Å². The summed E-state index contributed by atoms with van der Waals surface area (Å²) in [4.78, 5) is 0. The lowest BCUT2D eigenvalue weighted by atomic mass is 9.77. The van der Waals surface area contributed by atoms with E-state index in [4.69, 9.17) is 0 Å². The van der Waals surface area contributed by atoms with E-state index in [9.17, 15) is 26.3 Å². The van der Waals surface area contributed by atoms with Gasteiger partial charge in [-0.2, -0.15) is 22.0 Å². The molecule has 1 fully saturated rings. The monoisotopic (exact) mass is 504 g/mol. The third-order valence-electron chi connectivity index (χ3n) is 7.33. The first-order chi connectivity index (χ1) is 17.1. The summed E-state index contributed by atoms with van der Waals surface area (Å²) in [6, 6.07) is 19.8. The smallest absolute Gasteiger partial charge is 0.230 e. The summed E-state index contributed by atoms with van der Waals surface area (Å²) in [5.74, 6) is -3.49. The molecule has 4 rings (SSSR count). The highest BCUT2D eigenvalue weighted by Gasteiger charge is 2.57. The van der Waals surface area contributed by atoms with Crippen LogP contribution in [0.2, 0.25) is 0 Å². The number of hydrogen-bond donors (Lipinski definition) is 0. The van der Waals surface area contributed by atoms with Crippen LogP contribution in [0.15, 0.2) is 72.8 Å². The molecule has 0 amide bonds. The molecule has 1 aliphatic carbocycles. The zero-order valence-electron chi connectivity index (χ0n) is 20.2. The topological polar surface area (TPSA) is 0 Å². The lowest BCUT2D eigenvalue weighted by Gasteiger charge is -2.28. The van der Waals surface area contributed by atoms with Crippen LogP contribution >= 0.6 is 0 Å². The van der Waals surface area contributed by atoms with E-state index in [1.807, 2.05) is 30.3 Å². The first kappa shape index (κ1) is 26.3. The summed E-state index contributed by atoms with van der Waals surface area (Å²) in [6.45, 7) is 2.20. The van der Waals surface area contributed by atoms with E-state index < -0.39 is 23.8 Å².